The van der Waals surface area contributed by atoms with Crippen molar-refractivity contribution in [1.29, 1.82) is 0 Å². The number of hydrogen-bond donors (Lipinski definition) is 4. The lowest BCUT2D eigenvalue weighted by atomic mass is 9.46. The van der Waals surface area contributed by atoms with Crippen LogP contribution in [0.5, 0.6) is 0 Å². The van der Waals surface area contributed by atoms with Gasteiger partial charge in [0, 0.05) is 5.41 Å². The number of hydrogen-bond acceptors (Lipinski definition) is 4. The van der Waals surface area contributed by atoms with Gasteiger partial charge in [-0.1, -0.05) is 24.5 Å². The van der Waals surface area contributed by atoms with Crippen LogP contribution in [0.25, 0.3) is 0 Å². The molecular formula is C21H30O4. The van der Waals surface area contributed by atoms with Gasteiger partial charge in [-0.15, -0.1) is 6.42 Å². The molecule has 4 heteroatoms. The lowest BCUT2D eigenvalue weighted by molar-refractivity contribution is -0.149. The highest BCUT2D eigenvalue weighted by Gasteiger charge is 2.66. The standard InChI is InChI=1S/C21H30O4/c1-3-21(25)9-6-16-18-15(5-8-20(16,21)12-22)19(2)7-4-14(23)10-13(19)11-17(18)24/h1,11,14-18,22-25H,4-10,12H2,2H3/t14-,15+,16+,17+,18-,19+,20-,21+/m1/s1. The largest absolute Gasteiger partial charge is 0.396 e. The first kappa shape index (κ1) is 17.5. The molecule has 0 saturated heterocycles. The van der Waals surface area contributed by atoms with Crippen molar-refractivity contribution in [2.24, 2.45) is 28.6 Å². The van der Waals surface area contributed by atoms with Crippen molar-refractivity contribution in [3.05, 3.63) is 11.6 Å². The third-order valence-electron chi connectivity index (χ3n) is 8.47. The van der Waals surface area contributed by atoms with Gasteiger partial charge in [-0.05, 0) is 68.1 Å². The quantitative estimate of drug-likeness (QED) is 0.430. The number of aliphatic hydroxyl groups excluding tert-OH is 3. The van der Waals surface area contributed by atoms with Gasteiger partial charge in [-0.2, -0.15) is 0 Å². The molecule has 138 valence electrons. The van der Waals surface area contributed by atoms with Crippen molar-refractivity contribution in [3.63, 3.8) is 0 Å². The molecule has 8 atom stereocenters. The van der Waals surface area contributed by atoms with Crippen LogP contribution in [0.2, 0.25) is 0 Å². The van der Waals surface area contributed by atoms with Gasteiger partial charge in [0.15, 0.2) is 0 Å². The van der Waals surface area contributed by atoms with Crippen LogP contribution in [-0.2, 0) is 0 Å². The fourth-order valence-corrected chi connectivity index (χ4v) is 7.01. The van der Waals surface area contributed by atoms with Crippen LogP contribution in [0.1, 0.15) is 51.9 Å². The van der Waals surface area contributed by atoms with E-state index in [1.165, 1.54) is 5.57 Å². The van der Waals surface area contributed by atoms with E-state index in [4.69, 9.17) is 6.42 Å². The monoisotopic (exact) mass is 346 g/mol. The van der Waals surface area contributed by atoms with Gasteiger partial charge in [0.1, 0.15) is 5.60 Å². The number of fused-ring (bicyclic) bond motifs is 5. The molecule has 4 rings (SSSR count). The van der Waals surface area contributed by atoms with Gasteiger partial charge in [0.25, 0.3) is 0 Å². The zero-order valence-corrected chi connectivity index (χ0v) is 15.0. The maximum absolute atomic E-state index is 11.0. The summed E-state index contributed by atoms with van der Waals surface area (Å²) in [4.78, 5) is 0. The Morgan fingerprint density at radius 1 is 1.16 bits per heavy atom. The number of rotatable bonds is 1. The van der Waals surface area contributed by atoms with Crippen LogP contribution < -0.4 is 0 Å². The van der Waals surface area contributed by atoms with Crippen LogP contribution in [0.15, 0.2) is 11.6 Å². The average Bonchev–Trinajstić information content (AvgIpc) is 2.91. The summed E-state index contributed by atoms with van der Waals surface area (Å²) in [5, 5.41) is 42.3. The zero-order chi connectivity index (χ0) is 18.0. The molecule has 4 nitrogen and oxygen atoms in total. The first-order valence-corrected chi connectivity index (χ1v) is 9.70. The molecule has 0 unspecified atom stereocenters. The maximum Gasteiger partial charge on any atom is 0.133 e. The van der Waals surface area contributed by atoms with Gasteiger partial charge < -0.3 is 20.4 Å². The summed E-state index contributed by atoms with van der Waals surface area (Å²) in [7, 11) is 0. The Morgan fingerprint density at radius 3 is 2.56 bits per heavy atom. The molecule has 4 aliphatic rings. The van der Waals surface area contributed by atoms with Crippen LogP contribution >= 0.6 is 0 Å². The van der Waals surface area contributed by atoms with Crippen LogP contribution in [-0.4, -0.2) is 44.8 Å². The molecule has 0 aromatic rings. The van der Waals surface area contributed by atoms with Gasteiger partial charge in [-0.25, -0.2) is 0 Å². The highest BCUT2D eigenvalue weighted by molar-refractivity contribution is 5.31. The van der Waals surface area contributed by atoms with Crippen molar-refractivity contribution in [2.45, 2.75) is 69.7 Å². The van der Waals surface area contributed by atoms with E-state index in [9.17, 15) is 20.4 Å². The third kappa shape index (κ3) is 2.10. The molecule has 0 aromatic heterocycles. The van der Waals surface area contributed by atoms with Crippen LogP contribution in [0.3, 0.4) is 0 Å². The Hall–Kier alpha value is -0.860. The van der Waals surface area contributed by atoms with E-state index in [0.717, 1.165) is 25.7 Å². The Balaban J connectivity index is 1.76. The summed E-state index contributed by atoms with van der Waals surface area (Å²) >= 11 is 0. The minimum atomic E-state index is -1.27. The molecule has 0 bridgehead atoms. The fourth-order valence-electron chi connectivity index (χ4n) is 7.01. The van der Waals surface area contributed by atoms with Gasteiger partial charge in [-0.3, -0.25) is 0 Å². The summed E-state index contributed by atoms with van der Waals surface area (Å²) in [5.41, 5.74) is -0.770. The first-order valence-electron chi connectivity index (χ1n) is 9.70. The molecule has 0 amide bonds. The molecule has 4 N–H and O–H groups in total. The van der Waals surface area contributed by atoms with Crippen LogP contribution in [0.4, 0.5) is 0 Å². The smallest absolute Gasteiger partial charge is 0.133 e. The normalized spacial score (nSPS) is 54.7. The first-order chi connectivity index (χ1) is 11.8. The minimum absolute atomic E-state index is 0.00158. The molecule has 0 aromatic carbocycles. The number of terminal acetylenes is 1. The second-order valence-electron chi connectivity index (χ2n) is 9.18. The average molecular weight is 346 g/mol. The molecule has 25 heavy (non-hydrogen) atoms. The molecule has 3 fully saturated rings. The van der Waals surface area contributed by atoms with E-state index in [0.29, 0.717) is 25.2 Å². The molecule has 3 saturated carbocycles. The zero-order valence-electron chi connectivity index (χ0n) is 15.0. The Bertz CT molecular complexity index is 636. The van der Waals surface area contributed by atoms with Crippen molar-refractivity contribution >= 4 is 0 Å². The lowest BCUT2D eigenvalue weighted by Gasteiger charge is -2.59. The summed E-state index contributed by atoms with van der Waals surface area (Å²) in [5.74, 6) is 2.95. The van der Waals surface area contributed by atoms with Gasteiger partial charge >= 0.3 is 0 Å². The second kappa shape index (κ2) is 5.57. The molecule has 4 aliphatic carbocycles. The summed E-state index contributed by atoms with van der Waals surface area (Å²) in [6.07, 6.45) is 11.9. The van der Waals surface area contributed by atoms with Gasteiger partial charge in [0.05, 0.1) is 18.8 Å². The Labute approximate surface area is 150 Å². The van der Waals surface area contributed by atoms with E-state index in [-0.39, 0.29) is 30.0 Å². The van der Waals surface area contributed by atoms with E-state index in [2.05, 4.69) is 12.8 Å². The predicted molar refractivity (Wildman–Crippen MR) is 94.3 cm³/mol. The van der Waals surface area contributed by atoms with E-state index in [1.54, 1.807) is 0 Å². The molecule has 0 aliphatic heterocycles. The minimum Gasteiger partial charge on any atom is -0.396 e. The Kier molecular flexibility index (Phi) is 3.91. The number of aliphatic hydroxyl groups is 4. The highest BCUT2D eigenvalue weighted by atomic mass is 16.3. The summed E-state index contributed by atoms with van der Waals surface area (Å²) < 4.78 is 0. The highest BCUT2D eigenvalue weighted by Crippen LogP contribution is 2.66. The van der Waals surface area contributed by atoms with Gasteiger partial charge in [0.2, 0.25) is 0 Å². The van der Waals surface area contributed by atoms with E-state index >= 15 is 0 Å². The maximum atomic E-state index is 11.0. The molecule has 0 spiro atoms. The van der Waals surface area contributed by atoms with Crippen molar-refractivity contribution in [3.8, 4) is 12.3 Å². The second-order valence-corrected chi connectivity index (χ2v) is 9.18. The summed E-state index contributed by atoms with van der Waals surface area (Å²) in [6.45, 7) is 2.16. The van der Waals surface area contributed by atoms with Crippen LogP contribution in [0, 0.1) is 40.9 Å². The SMILES string of the molecule is C#C[C@]1(O)CC[C@H]2[C@@H]3[C@@H](O)C=C4C[C@H](O)CC[C@]4(C)[C@H]3CC[C@@]21CO. The molecule has 0 radical (unpaired) electrons. The van der Waals surface area contributed by atoms with Crippen molar-refractivity contribution < 1.29 is 20.4 Å². The van der Waals surface area contributed by atoms with E-state index < -0.39 is 17.1 Å². The summed E-state index contributed by atoms with van der Waals surface area (Å²) in [6, 6.07) is 0. The van der Waals surface area contributed by atoms with Crippen molar-refractivity contribution in [1.82, 2.24) is 0 Å². The molecule has 0 heterocycles. The van der Waals surface area contributed by atoms with Crippen molar-refractivity contribution in [2.75, 3.05) is 6.61 Å². The lowest BCUT2D eigenvalue weighted by Crippen LogP contribution is -2.59. The Morgan fingerprint density at radius 2 is 1.88 bits per heavy atom. The predicted octanol–water partition coefficient (Wildman–Crippen LogP) is 1.62. The molecular weight excluding hydrogens is 316 g/mol. The third-order valence-corrected chi connectivity index (χ3v) is 8.47. The topological polar surface area (TPSA) is 80.9 Å². The fraction of sp³-hybridized carbons (Fsp3) is 0.810. The van der Waals surface area contributed by atoms with E-state index in [1.807, 2.05) is 6.08 Å².